The van der Waals surface area contributed by atoms with Gasteiger partial charge in [-0.05, 0) is 42.7 Å². The van der Waals surface area contributed by atoms with Gasteiger partial charge in [-0.25, -0.2) is 0 Å². The fourth-order valence-electron chi connectivity index (χ4n) is 4.42. The molecular formula is C21H21N5O2. The van der Waals surface area contributed by atoms with E-state index in [4.69, 9.17) is 0 Å². The number of anilines is 1. The van der Waals surface area contributed by atoms with Gasteiger partial charge in [0.1, 0.15) is 11.4 Å². The van der Waals surface area contributed by atoms with Crippen LogP contribution in [-0.2, 0) is 17.3 Å². The van der Waals surface area contributed by atoms with Gasteiger partial charge in [0.2, 0.25) is 5.91 Å². The third-order valence-electron chi connectivity index (χ3n) is 6.04. The highest BCUT2D eigenvalue weighted by molar-refractivity contribution is 6.06. The molecule has 0 saturated carbocycles. The number of rotatable bonds is 2. The second kappa shape index (κ2) is 6.09. The van der Waals surface area contributed by atoms with Crippen LogP contribution in [0, 0.1) is 0 Å². The molecular weight excluding hydrogens is 354 g/mol. The first-order chi connectivity index (χ1) is 13.6. The maximum atomic E-state index is 12.9. The molecule has 2 amide bonds. The molecule has 0 bridgehead atoms. The molecule has 3 aromatic rings. The fraction of sp³-hybridized carbons (Fsp3) is 0.286. The van der Waals surface area contributed by atoms with Gasteiger partial charge in [0.25, 0.3) is 5.91 Å². The lowest BCUT2D eigenvalue weighted by atomic mass is 9.73. The molecule has 7 heteroatoms. The Morgan fingerprint density at radius 1 is 1.14 bits per heavy atom. The number of hydrogen-bond donors (Lipinski definition) is 2. The Bertz CT molecular complexity index is 1070. The van der Waals surface area contributed by atoms with Gasteiger partial charge in [0.15, 0.2) is 0 Å². The highest BCUT2D eigenvalue weighted by Crippen LogP contribution is 2.44. The number of fused-ring (bicyclic) bond motifs is 2. The Kier molecular flexibility index (Phi) is 3.65. The number of nitrogens with zero attached hydrogens (tertiary/aromatic N) is 3. The summed E-state index contributed by atoms with van der Waals surface area (Å²) in [5, 5.41) is 10.2. The minimum atomic E-state index is -0.518. The SMILES string of the molecule is Cn1cccc1-c1cc(C(=O)N2CCC3(CC2)C(=O)Nc2ccccc23)[nH]n1. The Hall–Kier alpha value is -3.35. The highest BCUT2D eigenvalue weighted by atomic mass is 16.2. The summed E-state index contributed by atoms with van der Waals surface area (Å²) in [4.78, 5) is 27.4. The number of aromatic nitrogens is 3. The molecule has 1 fully saturated rings. The van der Waals surface area contributed by atoms with E-state index >= 15 is 0 Å². The lowest BCUT2D eigenvalue weighted by Crippen LogP contribution is -2.48. The first-order valence-electron chi connectivity index (χ1n) is 9.46. The Morgan fingerprint density at radius 2 is 1.93 bits per heavy atom. The first-order valence-corrected chi connectivity index (χ1v) is 9.46. The number of hydrogen-bond acceptors (Lipinski definition) is 3. The topological polar surface area (TPSA) is 83.0 Å². The van der Waals surface area contributed by atoms with E-state index < -0.39 is 5.41 Å². The van der Waals surface area contributed by atoms with Crippen molar-refractivity contribution in [3.05, 3.63) is 59.9 Å². The number of aryl methyl sites for hydroxylation is 1. The molecule has 0 atom stereocenters. The second-order valence-corrected chi connectivity index (χ2v) is 7.55. The number of benzene rings is 1. The molecule has 4 heterocycles. The van der Waals surface area contributed by atoms with Crippen LogP contribution in [0.5, 0.6) is 0 Å². The van der Waals surface area contributed by atoms with E-state index in [1.165, 1.54) is 0 Å². The van der Waals surface area contributed by atoms with E-state index in [-0.39, 0.29) is 11.8 Å². The number of carbonyl (C=O) groups excluding carboxylic acids is 2. The number of piperidine rings is 1. The van der Waals surface area contributed by atoms with Crippen molar-refractivity contribution in [1.29, 1.82) is 0 Å². The van der Waals surface area contributed by atoms with Crippen molar-refractivity contribution in [3.63, 3.8) is 0 Å². The minimum Gasteiger partial charge on any atom is -0.349 e. The molecule has 142 valence electrons. The first kappa shape index (κ1) is 16.8. The number of carbonyl (C=O) groups is 2. The molecule has 2 aliphatic rings. The molecule has 1 spiro atoms. The fourth-order valence-corrected chi connectivity index (χ4v) is 4.42. The molecule has 0 aliphatic carbocycles. The van der Waals surface area contributed by atoms with Crippen LogP contribution < -0.4 is 5.32 Å². The molecule has 1 aromatic carbocycles. The third-order valence-corrected chi connectivity index (χ3v) is 6.04. The second-order valence-electron chi connectivity index (χ2n) is 7.55. The largest absolute Gasteiger partial charge is 0.349 e. The Labute approximate surface area is 162 Å². The summed E-state index contributed by atoms with van der Waals surface area (Å²) in [7, 11) is 1.94. The molecule has 1 saturated heterocycles. The maximum absolute atomic E-state index is 12.9. The highest BCUT2D eigenvalue weighted by Gasteiger charge is 2.48. The smallest absolute Gasteiger partial charge is 0.271 e. The zero-order valence-electron chi connectivity index (χ0n) is 15.6. The number of amides is 2. The van der Waals surface area contributed by atoms with Crippen LogP contribution >= 0.6 is 0 Å². The summed E-state index contributed by atoms with van der Waals surface area (Å²) in [5.41, 5.74) is 3.60. The zero-order valence-corrected chi connectivity index (χ0v) is 15.6. The normalized spacial score (nSPS) is 17.6. The van der Waals surface area contributed by atoms with Crippen LogP contribution in [0.1, 0.15) is 28.9 Å². The standard InChI is InChI=1S/C21H21N5O2/c1-25-10-4-7-18(25)16-13-17(24-23-16)19(27)26-11-8-21(9-12-26)14-5-2-3-6-15(14)22-20(21)28/h2-7,10,13H,8-9,11-12H2,1H3,(H,22,28)(H,23,24). The number of nitrogens with one attached hydrogen (secondary N) is 2. The molecule has 0 radical (unpaired) electrons. The predicted molar refractivity (Wildman–Crippen MR) is 105 cm³/mol. The van der Waals surface area contributed by atoms with Gasteiger partial charge in [-0.15, -0.1) is 0 Å². The van der Waals surface area contributed by atoms with E-state index in [0.29, 0.717) is 31.6 Å². The lowest BCUT2D eigenvalue weighted by molar-refractivity contribution is -0.122. The molecule has 28 heavy (non-hydrogen) atoms. The van der Waals surface area contributed by atoms with Gasteiger partial charge < -0.3 is 14.8 Å². The summed E-state index contributed by atoms with van der Waals surface area (Å²) in [6.45, 7) is 1.08. The molecule has 0 unspecified atom stereocenters. The lowest BCUT2D eigenvalue weighted by Gasteiger charge is -2.37. The van der Waals surface area contributed by atoms with Crippen molar-refractivity contribution in [2.75, 3.05) is 18.4 Å². The summed E-state index contributed by atoms with van der Waals surface area (Å²) < 4.78 is 1.96. The van der Waals surface area contributed by atoms with Gasteiger partial charge in [-0.3, -0.25) is 14.7 Å². The van der Waals surface area contributed by atoms with Gasteiger partial charge in [-0.2, -0.15) is 5.10 Å². The van der Waals surface area contributed by atoms with E-state index in [1.54, 1.807) is 6.07 Å². The zero-order chi connectivity index (χ0) is 19.3. The summed E-state index contributed by atoms with van der Waals surface area (Å²) in [6.07, 6.45) is 3.20. The van der Waals surface area contributed by atoms with Gasteiger partial charge in [0.05, 0.1) is 11.1 Å². The molecule has 5 rings (SSSR count). The van der Waals surface area contributed by atoms with E-state index in [1.807, 2.05) is 59.1 Å². The van der Waals surface area contributed by atoms with Crippen LogP contribution in [0.2, 0.25) is 0 Å². The summed E-state index contributed by atoms with van der Waals surface area (Å²) >= 11 is 0. The van der Waals surface area contributed by atoms with E-state index in [9.17, 15) is 9.59 Å². The number of H-pyrrole nitrogens is 1. The van der Waals surface area contributed by atoms with Crippen LogP contribution in [0.4, 0.5) is 5.69 Å². The van der Waals surface area contributed by atoms with Crippen LogP contribution in [0.3, 0.4) is 0 Å². The van der Waals surface area contributed by atoms with Gasteiger partial charge in [-0.1, -0.05) is 18.2 Å². The average molecular weight is 375 g/mol. The van der Waals surface area contributed by atoms with Crippen molar-refractivity contribution in [2.24, 2.45) is 7.05 Å². The van der Waals surface area contributed by atoms with Crippen molar-refractivity contribution >= 4 is 17.5 Å². The quantitative estimate of drug-likeness (QED) is 0.722. The van der Waals surface area contributed by atoms with Gasteiger partial charge in [0, 0.05) is 32.0 Å². The average Bonchev–Trinajstić information content (AvgIpc) is 3.41. The molecule has 2 aromatic heterocycles. The molecule has 7 nitrogen and oxygen atoms in total. The van der Waals surface area contributed by atoms with Crippen LogP contribution in [-0.4, -0.2) is 44.6 Å². The monoisotopic (exact) mass is 375 g/mol. The van der Waals surface area contributed by atoms with Crippen molar-refractivity contribution < 1.29 is 9.59 Å². The predicted octanol–water partition coefficient (Wildman–Crippen LogP) is 2.54. The van der Waals surface area contributed by atoms with E-state index in [2.05, 4.69) is 15.5 Å². The third kappa shape index (κ3) is 2.39. The van der Waals surface area contributed by atoms with Crippen molar-refractivity contribution in [2.45, 2.75) is 18.3 Å². The Balaban J connectivity index is 1.34. The van der Waals surface area contributed by atoms with Crippen molar-refractivity contribution in [3.8, 4) is 11.4 Å². The number of aromatic amines is 1. The number of para-hydroxylation sites is 1. The maximum Gasteiger partial charge on any atom is 0.271 e. The number of likely N-dealkylation sites (tertiary alicyclic amines) is 1. The van der Waals surface area contributed by atoms with E-state index in [0.717, 1.165) is 22.6 Å². The summed E-state index contributed by atoms with van der Waals surface area (Å²) in [5.74, 6) is -0.0252. The Morgan fingerprint density at radius 3 is 2.68 bits per heavy atom. The van der Waals surface area contributed by atoms with Gasteiger partial charge >= 0.3 is 0 Å². The van der Waals surface area contributed by atoms with Crippen LogP contribution in [0.25, 0.3) is 11.4 Å². The molecule has 2 aliphatic heterocycles. The van der Waals surface area contributed by atoms with Crippen LogP contribution in [0.15, 0.2) is 48.7 Å². The summed E-state index contributed by atoms with van der Waals surface area (Å²) in [6, 6.07) is 13.6. The molecule has 2 N–H and O–H groups in total. The minimum absolute atomic E-state index is 0.0494. The van der Waals surface area contributed by atoms with Crippen molar-refractivity contribution in [1.82, 2.24) is 19.7 Å².